The second-order valence-electron chi connectivity index (χ2n) is 23.4. The van der Waals surface area contributed by atoms with Crippen LogP contribution < -0.4 is 0 Å². The Morgan fingerprint density at radius 1 is 0.256 bits per heavy atom. The molecule has 0 spiro atoms. The lowest BCUT2D eigenvalue weighted by atomic mass is 10.0. The molecule has 472 valence electrons. The average molecular weight is 1140 g/mol. The molecule has 6 nitrogen and oxygen atoms in total. The highest BCUT2D eigenvalue weighted by atomic mass is 16.6. The first-order valence-electron chi connectivity index (χ1n) is 35.2. The summed E-state index contributed by atoms with van der Waals surface area (Å²) in [7, 11) is 0. The molecule has 0 rings (SSSR count). The fourth-order valence-corrected chi connectivity index (χ4v) is 10.1. The van der Waals surface area contributed by atoms with Gasteiger partial charge in [-0.05, 0) is 103 Å². The van der Waals surface area contributed by atoms with Gasteiger partial charge in [0.1, 0.15) is 13.2 Å². The lowest BCUT2D eigenvalue weighted by Gasteiger charge is -2.18. The van der Waals surface area contributed by atoms with E-state index < -0.39 is 6.10 Å². The van der Waals surface area contributed by atoms with Crippen LogP contribution in [0.1, 0.15) is 348 Å². The molecule has 0 bridgehead atoms. The van der Waals surface area contributed by atoms with Crippen molar-refractivity contribution in [1.82, 2.24) is 0 Å². The monoisotopic (exact) mass is 1140 g/mol. The molecule has 0 radical (unpaired) electrons. The number of carbonyl (C=O) groups excluding carboxylic acids is 3. The Bertz CT molecular complexity index is 1590. The summed E-state index contributed by atoms with van der Waals surface area (Å²) >= 11 is 0. The van der Waals surface area contributed by atoms with Crippen molar-refractivity contribution in [3.8, 4) is 0 Å². The van der Waals surface area contributed by atoms with Crippen molar-refractivity contribution in [2.75, 3.05) is 13.2 Å². The van der Waals surface area contributed by atoms with Crippen LogP contribution in [-0.2, 0) is 28.6 Å². The maximum atomic E-state index is 13.0. The number of allylic oxidation sites excluding steroid dienone is 16. The highest BCUT2D eigenvalue weighted by Gasteiger charge is 2.19. The Morgan fingerprint density at radius 3 is 0.768 bits per heavy atom. The number of unbranched alkanes of at least 4 members (excludes halogenated alkanes) is 37. The Kier molecular flexibility index (Phi) is 66.7. The van der Waals surface area contributed by atoms with E-state index in [0.717, 1.165) is 116 Å². The third kappa shape index (κ3) is 67.1. The first kappa shape index (κ1) is 78.3. The molecule has 82 heavy (non-hydrogen) atoms. The van der Waals surface area contributed by atoms with Crippen molar-refractivity contribution < 1.29 is 28.6 Å². The van der Waals surface area contributed by atoms with Crippen molar-refractivity contribution >= 4 is 17.9 Å². The van der Waals surface area contributed by atoms with Gasteiger partial charge < -0.3 is 14.2 Å². The Hall–Kier alpha value is -3.67. The van der Waals surface area contributed by atoms with Crippen molar-refractivity contribution in [2.45, 2.75) is 354 Å². The Balaban J connectivity index is 4.41. The fraction of sp³-hybridized carbons (Fsp3) is 0.750. The lowest BCUT2D eigenvalue weighted by Crippen LogP contribution is -2.30. The highest BCUT2D eigenvalue weighted by molar-refractivity contribution is 5.71. The quantitative estimate of drug-likeness (QED) is 0.0261. The molecule has 0 N–H and O–H groups in total. The average Bonchev–Trinajstić information content (AvgIpc) is 3.47. The van der Waals surface area contributed by atoms with E-state index in [1.807, 2.05) is 0 Å². The zero-order chi connectivity index (χ0) is 59.2. The van der Waals surface area contributed by atoms with E-state index in [4.69, 9.17) is 14.2 Å². The van der Waals surface area contributed by atoms with E-state index in [-0.39, 0.29) is 31.1 Å². The molecule has 0 aromatic heterocycles. The van der Waals surface area contributed by atoms with Crippen LogP contribution in [0.2, 0.25) is 0 Å². The molecular weight excluding hydrogens is 1010 g/mol. The minimum atomic E-state index is -0.796. The summed E-state index contributed by atoms with van der Waals surface area (Å²) < 4.78 is 17.0. The van der Waals surface area contributed by atoms with E-state index in [2.05, 4.69) is 118 Å². The molecule has 0 fully saturated rings. The van der Waals surface area contributed by atoms with Gasteiger partial charge in [0.25, 0.3) is 0 Å². The molecule has 0 aliphatic carbocycles. The molecule has 1 atom stereocenters. The summed E-state index contributed by atoms with van der Waals surface area (Å²) in [6.45, 7) is 6.54. The Morgan fingerprint density at radius 2 is 0.476 bits per heavy atom. The third-order valence-corrected chi connectivity index (χ3v) is 15.3. The van der Waals surface area contributed by atoms with E-state index in [0.29, 0.717) is 19.3 Å². The smallest absolute Gasteiger partial charge is 0.306 e. The number of rotatable bonds is 64. The molecule has 0 amide bonds. The molecule has 1 unspecified atom stereocenters. The SMILES string of the molecule is CC/C=C\C/C=C\C/C=C\C/C=C\C/C=C\C/C=C\C/C=C\CCCCCC(=O)OCC(COC(=O)CCCCCCC/C=C\CCCCCCCCC)OC(=O)CCCCCCCCCCCCCCCCCCCCCCCCC. The molecule has 0 aromatic rings. The predicted octanol–water partition coefficient (Wildman–Crippen LogP) is 24.4. The summed E-state index contributed by atoms with van der Waals surface area (Å²) in [4.78, 5) is 38.5. The second kappa shape index (κ2) is 69.8. The Labute approximate surface area is 508 Å². The molecule has 0 heterocycles. The van der Waals surface area contributed by atoms with Gasteiger partial charge in [-0.25, -0.2) is 0 Å². The van der Waals surface area contributed by atoms with Crippen LogP contribution in [-0.4, -0.2) is 37.2 Å². The minimum absolute atomic E-state index is 0.0899. The molecule has 0 aliphatic rings. The molecule has 0 aromatic carbocycles. The van der Waals surface area contributed by atoms with Crippen LogP contribution in [0.3, 0.4) is 0 Å². The summed E-state index contributed by atoms with van der Waals surface area (Å²) in [6, 6.07) is 0. The minimum Gasteiger partial charge on any atom is -0.462 e. The van der Waals surface area contributed by atoms with Crippen LogP contribution in [0.4, 0.5) is 0 Å². The van der Waals surface area contributed by atoms with Crippen LogP contribution in [0.25, 0.3) is 0 Å². The van der Waals surface area contributed by atoms with E-state index in [1.165, 1.54) is 193 Å². The summed E-state index contributed by atoms with van der Waals surface area (Å²) in [5.74, 6) is -0.914. The largest absolute Gasteiger partial charge is 0.462 e. The van der Waals surface area contributed by atoms with Gasteiger partial charge in [0.05, 0.1) is 0 Å². The summed E-state index contributed by atoms with van der Waals surface area (Å²) in [6.07, 6.45) is 94.3. The fourth-order valence-electron chi connectivity index (χ4n) is 10.1. The third-order valence-electron chi connectivity index (χ3n) is 15.3. The van der Waals surface area contributed by atoms with Crippen molar-refractivity contribution in [1.29, 1.82) is 0 Å². The predicted molar refractivity (Wildman–Crippen MR) is 357 cm³/mol. The second-order valence-corrected chi connectivity index (χ2v) is 23.4. The topological polar surface area (TPSA) is 78.9 Å². The van der Waals surface area contributed by atoms with Crippen molar-refractivity contribution in [3.63, 3.8) is 0 Å². The van der Waals surface area contributed by atoms with Gasteiger partial charge in [-0.3, -0.25) is 14.4 Å². The van der Waals surface area contributed by atoms with Gasteiger partial charge in [0, 0.05) is 19.3 Å². The molecule has 0 aliphatic heterocycles. The van der Waals surface area contributed by atoms with Crippen molar-refractivity contribution in [3.05, 3.63) is 97.2 Å². The van der Waals surface area contributed by atoms with Crippen LogP contribution in [0, 0.1) is 0 Å². The zero-order valence-corrected chi connectivity index (χ0v) is 54.2. The standard InChI is InChI=1S/C76H132O6/c1-4-7-10-13-16-19-22-25-28-31-33-35-37-38-40-41-43-45-48-51-54-57-60-63-66-69-75(78)81-72-73(71-80-74(77)68-65-62-59-56-53-50-47-30-27-24-21-18-15-12-9-6-3)82-76(79)70-67-64-61-58-55-52-49-46-44-42-39-36-34-32-29-26-23-20-17-14-11-8-5-2/h7,10,16,19,25,28,30,33,35,38,40,43,45,47,51,54,73H,4-6,8-9,11-15,17-18,20-24,26-27,29,31-32,34,36-37,39,41-42,44,46,48-50,52-53,55-72H2,1-3H3/b10-7-,19-16-,28-25-,35-33-,40-38-,45-43-,47-30-,54-51-. The maximum absolute atomic E-state index is 13.0. The van der Waals surface area contributed by atoms with E-state index in [1.54, 1.807) is 0 Å². The van der Waals surface area contributed by atoms with Crippen LogP contribution >= 0.6 is 0 Å². The van der Waals surface area contributed by atoms with Gasteiger partial charge in [-0.1, -0.05) is 323 Å². The summed E-state index contributed by atoms with van der Waals surface area (Å²) in [5, 5.41) is 0. The lowest BCUT2D eigenvalue weighted by molar-refractivity contribution is -0.167. The molecular formula is C76H132O6. The number of hydrogen-bond donors (Lipinski definition) is 0. The van der Waals surface area contributed by atoms with Crippen LogP contribution in [0.5, 0.6) is 0 Å². The zero-order valence-electron chi connectivity index (χ0n) is 54.2. The summed E-state index contributed by atoms with van der Waals surface area (Å²) in [5.41, 5.74) is 0. The van der Waals surface area contributed by atoms with Gasteiger partial charge >= 0.3 is 17.9 Å². The first-order valence-corrected chi connectivity index (χ1v) is 35.2. The van der Waals surface area contributed by atoms with Gasteiger partial charge in [-0.15, -0.1) is 0 Å². The normalized spacial score (nSPS) is 12.7. The first-order chi connectivity index (χ1) is 40.5. The van der Waals surface area contributed by atoms with Crippen LogP contribution in [0.15, 0.2) is 97.2 Å². The van der Waals surface area contributed by atoms with Crippen molar-refractivity contribution in [2.24, 2.45) is 0 Å². The number of carbonyl (C=O) groups is 3. The van der Waals surface area contributed by atoms with E-state index in [9.17, 15) is 14.4 Å². The highest BCUT2D eigenvalue weighted by Crippen LogP contribution is 2.17. The maximum Gasteiger partial charge on any atom is 0.306 e. The number of hydrogen-bond acceptors (Lipinski definition) is 6. The van der Waals surface area contributed by atoms with Gasteiger partial charge in [0.15, 0.2) is 6.10 Å². The number of ether oxygens (including phenoxy) is 3. The van der Waals surface area contributed by atoms with Gasteiger partial charge in [-0.2, -0.15) is 0 Å². The molecule has 0 saturated heterocycles. The molecule has 6 heteroatoms. The van der Waals surface area contributed by atoms with E-state index >= 15 is 0 Å². The van der Waals surface area contributed by atoms with Gasteiger partial charge in [0.2, 0.25) is 0 Å². The molecule has 0 saturated carbocycles. The number of esters is 3.